The van der Waals surface area contributed by atoms with Crippen molar-refractivity contribution in [3.63, 3.8) is 0 Å². The van der Waals surface area contributed by atoms with Gasteiger partial charge in [0.15, 0.2) is 5.78 Å². The van der Waals surface area contributed by atoms with Crippen LogP contribution in [-0.2, 0) is 14.3 Å². The Morgan fingerprint density at radius 2 is 2.19 bits per heavy atom. The van der Waals surface area contributed by atoms with Crippen LogP contribution in [0.25, 0.3) is 0 Å². The van der Waals surface area contributed by atoms with Gasteiger partial charge in [0.2, 0.25) is 0 Å². The predicted molar refractivity (Wildman–Crippen MR) is 61.7 cm³/mol. The van der Waals surface area contributed by atoms with E-state index in [4.69, 9.17) is 4.74 Å². The Hall–Kier alpha value is -0.620. The fraction of sp³-hybridized carbons (Fsp3) is 0.800. The van der Waals surface area contributed by atoms with Crippen LogP contribution in [0.4, 0.5) is 4.79 Å². The Bertz CT molecular complexity index is 272. The zero-order chi connectivity index (χ0) is 12.1. The van der Waals surface area contributed by atoms with E-state index in [0.29, 0.717) is 19.8 Å². The molecule has 1 heterocycles. The molecule has 0 aromatic carbocycles. The summed E-state index contributed by atoms with van der Waals surface area (Å²) in [6.07, 6.45) is -0.412. The van der Waals surface area contributed by atoms with E-state index in [2.05, 4.69) is 20.7 Å². The van der Waals surface area contributed by atoms with Crippen LogP contribution in [0.3, 0.4) is 0 Å². The summed E-state index contributed by atoms with van der Waals surface area (Å²) in [5, 5.41) is 0.288. The smallest absolute Gasteiger partial charge is 0.409 e. The lowest BCUT2D eigenvalue weighted by Crippen LogP contribution is -2.46. The highest BCUT2D eigenvalue weighted by Gasteiger charge is 2.39. The average molecular weight is 294 g/mol. The molecule has 0 saturated carbocycles. The SMILES string of the molecule is CCN(C(=O)OC)C1COCC1C(=O)CBr. The molecule has 0 aromatic heterocycles. The van der Waals surface area contributed by atoms with Crippen LogP contribution in [0.2, 0.25) is 0 Å². The third kappa shape index (κ3) is 2.74. The molecule has 2 atom stereocenters. The number of alkyl halides is 1. The highest BCUT2D eigenvalue weighted by Crippen LogP contribution is 2.21. The number of rotatable bonds is 4. The molecule has 0 N–H and O–H groups in total. The molecule has 0 aromatic rings. The largest absolute Gasteiger partial charge is 0.453 e. The molecule has 1 amide bonds. The summed E-state index contributed by atoms with van der Waals surface area (Å²) in [5.41, 5.74) is 0. The van der Waals surface area contributed by atoms with E-state index in [1.165, 1.54) is 12.0 Å². The number of ketones is 1. The summed E-state index contributed by atoms with van der Waals surface area (Å²) in [7, 11) is 1.34. The molecule has 2 unspecified atom stereocenters. The van der Waals surface area contributed by atoms with Crippen molar-refractivity contribution < 1.29 is 19.1 Å². The molecule has 16 heavy (non-hydrogen) atoms. The van der Waals surface area contributed by atoms with Crippen LogP contribution >= 0.6 is 15.9 Å². The van der Waals surface area contributed by atoms with Gasteiger partial charge in [-0.05, 0) is 6.92 Å². The second-order valence-electron chi connectivity index (χ2n) is 3.57. The second-order valence-corrected chi connectivity index (χ2v) is 4.13. The van der Waals surface area contributed by atoms with E-state index in [0.717, 1.165) is 0 Å². The Kier molecular flexibility index (Phi) is 5.21. The van der Waals surface area contributed by atoms with Crippen LogP contribution in [0.15, 0.2) is 0 Å². The van der Waals surface area contributed by atoms with Crippen LogP contribution in [0.5, 0.6) is 0 Å². The van der Waals surface area contributed by atoms with Crippen molar-refractivity contribution in [3.05, 3.63) is 0 Å². The summed E-state index contributed by atoms with van der Waals surface area (Å²) in [6, 6.07) is -0.206. The quantitative estimate of drug-likeness (QED) is 0.727. The maximum Gasteiger partial charge on any atom is 0.409 e. The molecule has 6 heteroatoms. The highest BCUT2D eigenvalue weighted by molar-refractivity contribution is 9.09. The highest BCUT2D eigenvalue weighted by atomic mass is 79.9. The molecule has 1 rings (SSSR count). The summed E-state index contributed by atoms with van der Waals surface area (Å²) in [4.78, 5) is 24.7. The number of ether oxygens (including phenoxy) is 2. The fourth-order valence-corrected chi connectivity index (χ4v) is 2.29. The van der Waals surface area contributed by atoms with Crippen molar-refractivity contribution in [2.24, 2.45) is 5.92 Å². The summed E-state index contributed by atoms with van der Waals surface area (Å²) >= 11 is 3.14. The molecular formula is C10H16BrNO4. The molecule has 1 aliphatic heterocycles. The molecule has 5 nitrogen and oxygen atoms in total. The van der Waals surface area contributed by atoms with Crippen molar-refractivity contribution in [2.75, 3.05) is 32.2 Å². The van der Waals surface area contributed by atoms with E-state index in [1.54, 1.807) is 0 Å². The molecule has 1 saturated heterocycles. The maximum atomic E-state index is 11.7. The van der Waals surface area contributed by atoms with Gasteiger partial charge in [0, 0.05) is 6.54 Å². The molecule has 1 fully saturated rings. The lowest BCUT2D eigenvalue weighted by molar-refractivity contribution is -0.121. The number of likely N-dealkylation sites (N-methyl/N-ethyl adjacent to an activating group) is 1. The van der Waals surface area contributed by atoms with Gasteiger partial charge >= 0.3 is 6.09 Å². The first-order valence-corrected chi connectivity index (χ1v) is 6.28. The predicted octanol–water partition coefficient (Wildman–Crippen LogP) is 1.05. The van der Waals surface area contributed by atoms with Crippen LogP contribution < -0.4 is 0 Å². The Labute approximate surface area is 103 Å². The summed E-state index contributed by atoms with van der Waals surface area (Å²) in [6.45, 7) is 3.13. The molecular weight excluding hydrogens is 278 g/mol. The summed E-state index contributed by atoms with van der Waals surface area (Å²) in [5.74, 6) is -0.191. The third-order valence-corrected chi connectivity index (χ3v) is 3.30. The second kappa shape index (κ2) is 6.20. The van der Waals surface area contributed by atoms with Gasteiger partial charge in [0.25, 0.3) is 0 Å². The molecule has 1 aliphatic rings. The number of carbonyl (C=O) groups excluding carboxylic acids is 2. The number of amides is 1. The lowest BCUT2D eigenvalue weighted by Gasteiger charge is -2.28. The fourth-order valence-electron chi connectivity index (χ4n) is 1.87. The first kappa shape index (κ1) is 13.4. The Morgan fingerprint density at radius 3 is 2.69 bits per heavy atom. The molecule has 92 valence electrons. The minimum absolute atomic E-state index is 0.0600. The van der Waals surface area contributed by atoms with Crippen LogP contribution in [0, 0.1) is 5.92 Å². The molecule has 0 radical (unpaired) electrons. The molecule has 0 bridgehead atoms. The van der Waals surface area contributed by atoms with Gasteiger partial charge in [-0.1, -0.05) is 15.9 Å². The van der Waals surface area contributed by atoms with Crippen LogP contribution in [0.1, 0.15) is 6.92 Å². The first-order chi connectivity index (χ1) is 7.65. The van der Waals surface area contributed by atoms with E-state index < -0.39 is 6.09 Å². The van der Waals surface area contributed by atoms with Crippen molar-refractivity contribution in [1.29, 1.82) is 0 Å². The van der Waals surface area contributed by atoms with Gasteiger partial charge in [-0.3, -0.25) is 4.79 Å². The maximum absolute atomic E-state index is 11.7. The average Bonchev–Trinajstić information content (AvgIpc) is 2.77. The van der Waals surface area contributed by atoms with Crippen molar-refractivity contribution in [2.45, 2.75) is 13.0 Å². The number of hydrogen-bond donors (Lipinski definition) is 0. The van der Waals surface area contributed by atoms with Crippen molar-refractivity contribution in [1.82, 2.24) is 4.90 Å². The van der Waals surface area contributed by atoms with E-state index in [-0.39, 0.29) is 23.1 Å². The van der Waals surface area contributed by atoms with Crippen molar-refractivity contribution >= 4 is 27.8 Å². The normalized spacial score (nSPS) is 24.2. The van der Waals surface area contributed by atoms with Gasteiger partial charge < -0.3 is 14.4 Å². The first-order valence-electron chi connectivity index (χ1n) is 5.16. The van der Waals surface area contributed by atoms with Gasteiger partial charge in [-0.15, -0.1) is 0 Å². The van der Waals surface area contributed by atoms with Crippen molar-refractivity contribution in [3.8, 4) is 0 Å². The summed E-state index contributed by atoms with van der Waals surface area (Å²) < 4.78 is 9.96. The lowest BCUT2D eigenvalue weighted by atomic mass is 9.98. The zero-order valence-electron chi connectivity index (χ0n) is 9.44. The molecule has 0 aliphatic carbocycles. The number of methoxy groups -OCH3 is 1. The number of halogens is 1. The molecule has 0 spiro atoms. The number of Topliss-reactive ketones (excluding diaryl/α,β-unsaturated/α-hetero) is 1. The monoisotopic (exact) mass is 293 g/mol. The number of carbonyl (C=O) groups is 2. The standard InChI is InChI=1S/C10H16BrNO4/c1-3-12(10(14)15-2)8-6-16-5-7(8)9(13)4-11/h7-8H,3-6H2,1-2H3. The number of nitrogens with zero attached hydrogens (tertiary/aromatic N) is 1. The topological polar surface area (TPSA) is 55.8 Å². The van der Waals surface area contributed by atoms with E-state index in [1.807, 2.05) is 6.92 Å². The van der Waals surface area contributed by atoms with Gasteiger partial charge in [0.05, 0.1) is 37.6 Å². The van der Waals surface area contributed by atoms with Gasteiger partial charge in [0.1, 0.15) is 0 Å². The van der Waals surface area contributed by atoms with Gasteiger partial charge in [-0.25, -0.2) is 4.79 Å². The zero-order valence-corrected chi connectivity index (χ0v) is 11.0. The third-order valence-electron chi connectivity index (χ3n) is 2.75. The minimum atomic E-state index is -0.412. The minimum Gasteiger partial charge on any atom is -0.453 e. The number of hydrogen-bond acceptors (Lipinski definition) is 4. The Balaban J connectivity index is 2.75. The Morgan fingerprint density at radius 1 is 1.50 bits per heavy atom. The van der Waals surface area contributed by atoms with E-state index >= 15 is 0 Å². The van der Waals surface area contributed by atoms with Gasteiger partial charge in [-0.2, -0.15) is 0 Å². The van der Waals surface area contributed by atoms with E-state index in [9.17, 15) is 9.59 Å². The van der Waals surface area contributed by atoms with Crippen LogP contribution in [-0.4, -0.2) is 55.0 Å².